The first-order valence-corrected chi connectivity index (χ1v) is 12.2. The Balaban J connectivity index is 1.62. The standard InChI is InChI=1S/C28H22F3N5O3/c1-16-9-17(24-13-32-15-39-24)11-18(10-16)25-21-3-2-7-33-26(21)27(38)36(34-25)23-12-19(35-8-6-20(37)14-35)4-5-22(23)28(29,30)31/h2-5,7,9-13,15,20,37H,6,8,14H2,1H3/t20-/m0/s1. The van der Waals surface area contributed by atoms with E-state index in [2.05, 4.69) is 15.1 Å². The monoisotopic (exact) mass is 533 g/mol. The van der Waals surface area contributed by atoms with Crippen molar-refractivity contribution in [3.63, 3.8) is 0 Å². The molecule has 1 atom stereocenters. The number of hydrogen-bond acceptors (Lipinski definition) is 7. The van der Waals surface area contributed by atoms with Crippen molar-refractivity contribution in [1.82, 2.24) is 19.7 Å². The zero-order valence-corrected chi connectivity index (χ0v) is 20.7. The molecule has 2 aromatic carbocycles. The van der Waals surface area contributed by atoms with Gasteiger partial charge < -0.3 is 14.4 Å². The molecule has 8 nitrogen and oxygen atoms in total. The third kappa shape index (κ3) is 4.54. The van der Waals surface area contributed by atoms with Gasteiger partial charge in [-0.3, -0.25) is 9.78 Å². The Kier molecular flexibility index (Phi) is 5.95. The first-order chi connectivity index (χ1) is 18.7. The average molecular weight is 534 g/mol. The molecule has 0 spiro atoms. The molecule has 6 rings (SSSR count). The number of halogens is 3. The molecule has 1 saturated heterocycles. The molecule has 0 amide bonds. The van der Waals surface area contributed by atoms with E-state index in [0.29, 0.717) is 40.9 Å². The molecule has 1 aliphatic rings. The van der Waals surface area contributed by atoms with E-state index in [0.717, 1.165) is 16.3 Å². The minimum atomic E-state index is -4.75. The summed E-state index contributed by atoms with van der Waals surface area (Å²) in [5.74, 6) is 0.510. The fourth-order valence-corrected chi connectivity index (χ4v) is 4.97. The first-order valence-electron chi connectivity index (χ1n) is 12.2. The van der Waals surface area contributed by atoms with Crippen LogP contribution >= 0.6 is 0 Å². The van der Waals surface area contributed by atoms with Gasteiger partial charge in [-0.05, 0) is 67.4 Å². The van der Waals surface area contributed by atoms with E-state index >= 15 is 0 Å². The number of fused-ring (bicyclic) bond motifs is 1. The van der Waals surface area contributed by atoms with E-state index in [4.69, 9.17) is 4.42 Å². The second-order valence-corrected chi connectivity index (χ2v) is 9.51. The van der Waals surface area contributed by atoms with Crippen molar-refractivity contribution in [3.05, 3.63) is 88.8 Å². The number of hydrogen-bond donors (Lipinski definition) is 1. The fourth-order valence-electron chi connectivity index (χ4n) is 4.97. The smallest absolute Gasteiger partial charge is 0.418 e. The minimum Gasteiger partial charge on any atom is -0.444 e. The van der Waals surface area contributed by atoms with E-state index in [9.17, 15) is 23.1 Å². The maximum Gasteiger partial charge on any atom is 0.418 e. The summed E-state index contributed by atoms with van der Waals surface area (Å²) in [6.07, 6.45) is -0.543. The summed E-state index contributed by atoms with van der Waals surface area (Å²) in [6.45, 7) is 2.63. The Morgan fingerprint density at radius 3 is 2.64 bits per heavy atom. The van der Waals surface area contributed by atoms with Crippen LogP contribution in [0.1, 0.15) is 17.5 Å². The molecule has 5 aromatic rings. The molecule has 0 radical (unpaired) electrons. The molecule has 0 aliphatic carbocycles. The Morgan fingerprint density at radius 1 is 1.10 bits per heavy atom. The summed E-state index contributed by atoms with van der Waals surface area (Å²) in [5, 5.41) is 14.9. The number of aromatic nitrogens is 4. The molecule has 0 bridgehead atoms. The Hall–Kier alpha value is -4.51. The maximum absolute atomic E-state index is 14.2. The van der Waals surface area contributed by atoms with Gasteiger partial charge >= 0.3 is 6.18 Å². The summed E-state index contributed by atoms with van der Waals surface area (Å²) >= 11 is 0. The first kappa shape index (κ1) is 24.8. The maximum atomic E-state index is 14.2. The summed E-state index contributed by atoms with van der Waals surface area (Å²) < 4.78 is 48.8. The number of nitrogens with zero attached hydrogens (tertiary/aromatic N) is 5. The molecule has 0 unspecified atom stereocenters. The second-order valence-electron chi connectivity index (χ2n) is 9.51. The quantitative estimate of drug-likeness (QED) is 0.347. The number of benzene rings is 2. The van der Waals surface area contributed by atoms with Gasteiger partial charge in [-0.15, -0.1) is 0 Å². The van der Waals surface area contributed by atoms with Crippen LogP contribution in [0, 0.1) is 6.92 Å². The molecule has 39 heavy (non-hydrogen) atoms. The Labute approximate surface area is 220 Å². The highest BCUT2D eigenvalue weighted by Gasteiger charge is 2.36. The predicted molar refractivity (Wildman–Crippen MR) is 139 cm³/mol. The third-order valence-electron chi connectivity index (χ3n) is 6.77. The van der Waals surface area contributed by atoms with Crippen molar-refractivity contribution in [2.75, 3.05) is 18.0 Å². The van der Waals surface area contributed by atoms with E-state index in [1.165, 1.54) is 24.7 Å². The summed E-state index contributed by atoms with van der Waals surface area (Å²) in [4.78, 5) is 23.6. The summed E-state index contributed by atoms with van der Waals surface area (Å²) in [6, 6.07) is 12.4. The lowest BCUT2D eigenvalue weighted by Gasteiger charge is -2.22. The molecule has 1 N–H and O–H groups in total. The molecule has 198 valence electrons. The number of anilines is 1. The van der Waals surface area contributed by atoms with E-state index in [-0.39, 0.29) is 17.8 Å². The fraction of sp³-hybridized carbons (Fsp3) is 0.214. The van der Waals surface area contributed by atoms with Gasteiger partial charge in [0.25, 0.3) is 5.56 Å². The van der Waals surface area contributed by atoms with Crippen molar-refractivity contribution in [3.8, 4) is 28.3 Å². The number of aliphatic hydroxyl groups excluding tert-OH is 1. The van der Waals surface area contributed by atoms with E-state index < -0.39 is 29.1 Å². The zero-order chi connectivity index (χ0) is 27.3. The van der Waals surface area contributed by atoms with Crippen LogP contribution in [0.2, 0.25) is 0 Å². The Morgan fingerprint density at radius 2 is 1.92 bits per heavy atom. The second kappa shape index (κ2) is 9.35. The van der Waals surface area contributed by atoms with Crippen molar-refractivity contribution in [1.29, 1.82) is 0 Å². The Bertz CT molecular complexity index is 1750. The molecule has 1 fully saturated rings. The molecule has 4 heterocycles. The van der Waals surface area contributed by atoms with Crippen LogP contribution in [-0.2, 0) is 6.18 Å². The van der Waals surface area contributed by atoms with Crippen LogP contribution in [0.3, 0.4) is 0 Å². The lowest BCUT2D eigenvalue weighted by Crippen LogP contribution is -2.27. The highest BCUT2D eigenvalue weighted by Crippen LogP contribution is 2.37. The van der Waals surface area contributed by atoms with Gasteiger partial charge in [-0.1, -0.05) is 0 Å². The number of pyridine rings is 1. The average Bonchev–Trinajstić information content (AvgIpc) is 3.60. The number of β-amino-alcohol motifs (C(OH)–C–C–N with tert-alkyl or cyclic N) is 1. The van der Waals surface area contributed by atoms with Gasteiger partial charge in [-0.25, -0.2) is 4.98 Å². The van der Waals surface area contributed by atoms with Crippen LogP contribution in [0.4, 0.5) is 18.9 Å². The van der Waals surface area contributed by atoms with Crippen molar-refractivity contribution < 1.29 is 22.7 Å². The number of aryl methyl sites for hydroxylation is 1. The lowest BCUT2D eigenvalue weighted by molar-refractivity contribution is -0.137. The van der Waals surface area contributed by atoms with Crippen molar-refractivity contribution in [2.24, 2.45) is 0 Å². The van der Waals surface area contributed by atoms with Gasteiger partial charge in [0.2, 0.25) is 0 Å². The molecule has 11 heteroatoms. The summed E-state index contributed by atoms with van der Waals surface area (Å²) in [7, 11) is 0. The predicted octanol–water partition coefficient (Wildman–Crippen LogP) is 5.00. The van der Waals surface area contributed by atoms with E-state index in [1.807, 2.05) is 19.1 Å². The van der Waals surface area contributed by atoms with E-state index in [1.54, 1.807) is 29.3 Å². The van der Waals surface area contributed by atoms with Crippen LogP contribution in [0.5, 0.6) is 0 Å². The largest absolute Gasteiger partial charge is 0.444 e. The molecular formula is C28H22F3N5O3. The van der Waals surface area contributed by atoms with Crippen molar-refractivity contribution in [2.45, 2.75) is 25.6 Å². The number of aliphatic hydroxyl groups is 1. The topological polar surface area (TPSA) is 97.3 Å². The van der Waals surface area contributed by atoms with Crippen molar-refractivity contribution >= 4 is 16.6 Å². The number of alkyl halides is 3. The highest BCUT2D eigenvalue weighted by molar-refractivity contribution is 5.92. The van der Waals surface area contributed by atoms with Crippen LogP contribution in [0.15, 0.2) is 76.5 Å². The normalized spacial score (nSPS) is 15.8. The minimum absolute atomic E-state index is 0.0136. The zero-order valence-electron chi connectivity index (χ0n) is 20.7. The molecule has 0 saturated carbocycles. The number of rotatable bonds is 4. The number of oxazole rings is 1. The summed E-state index contributed by atoms with van der Waals surface area (Å²) in [5.41, 5.74) is 0.649. The molecule has 1 aliphatic heterocycles. The molecule has 3 aromatic heterocycles. The highest BCUT2D eigenvalue weighted by atomic mass is 19.4. The molecular weight excluding hydrogens is 511 g/mol. The lowest BCUT2D eigenvalue weighted by atomic mass is 10.0. The van der Waals surface area contributed by atoms with Gasteiger partial charge in [0.1, 0.15) is 11.2 Å². The van der Waals surface area contributed by atoms with Crippen LogP contribution < -0.4 is 10.5 Å². The third-order valence-corrected chi connectivity index (χ3v) is 6.77. The van der Waals surface area contributed by atoms with Gasteiger partial charge in [0, 0.05) is 41.5 Å². The van der Waals surface area contributed by atoms with Gasteiger partial charge in [0.05, 0.1) is 23.6 Å². The SMILES string of the molecule is Cc1cc(-c2cnco2)cc(-c2nn(-c3cc(N4CC[C@H](O)C4)ccc3C(F)(F)F)c(=O)c3ncccc23)c1. The van der Waals surface area contributed by atoms with Crippen LogP contribution in [0.25, 0.3) is 39.2 Å². The van der Waals surface area contributed by atoms with Crippen LogP contribution in [-0.4, -0.2) is 44.0 Å². The van der Waals surface area contributed by atoms with Gasteiger partial charge in [0.15, 0.2) is 12.2 Å². The van der Waals surface area contributed by atoms with Gasteiger partial charge in [-0.2, -0.15) is 23.0 Å².